The molecule has 1 aliphatic heterocycles. The molecule has 0 saturated carbocycles. The van der Waals surface area contributed by atoms with E-state index < -0.39 is 16.3 Å². The highest BCUT2D eigenvalue weighted by molar-refractivity contribution is 7.88. The molecule has 1 rings (SSSR count). The Labute approximate surface area is 114 Å². The number of carbonyl (C=O) groups is 1. The quantitative estimate of drug-likeness (QED) is 0.656. The molecule has 0 spiro atoms. The molecule has 0 aliphatic carbocycles. The first-order chi connectivity index (χ1) is 8.89. The molecular weight excluding hydrogens is 270 g/mol. The maximum atomic E-state index is 11.5. The van der Waals surface area contributed by atoms with Gasteiger partial charge in [-0.05, 0) is 52.1 Å². The fraction of sp³-hybridized carbons (Fsp3) is 0.909. The molecule has 1 heterocycles. The molecule has 1 aliphatic rings. The van der Waals surface area contributed by atoms with Crippen LogP contribution in [0.15, 0.2) is 0 Å². The average Bonchev–Trinajstić information content (AvgIpc) is 2.27. The molecule has 0 radical (unpaired) electrons. The van der Waals surface area contributed by atoms with Crippen molar-refractivity contribution in [1.82, 2.24) is 14.8 Å². The summed E-state index contributed by atoms with van der Waals surface area (Å²) in [5.74, 6) is 0.534. The Balaban J connectivity index is 2.24. The van der Waals surface area contributed by atoms with Crippen LogP contribution in [0.3, 0.4) is 0 Å². The van der Waals surface area contributed by atoms with Gasteiger partial charge in [-0.25, -0.2) is 9.52 Å². The fourth-order valence-corrected chi connectivity index (χ4v) is 2.68. The van der Waals surface area contributed by atoms with Gasteiger partial charge in [0, 0.05) is 6.54 Å². The van der Waals surface area contributed by atoms with Gasteiger partial charge in [0.25, 0.3) is 0 Å². The first kappa shape index (κ1) is 16.2. The van der Waals surface area contributed by atoms with Crippen LogP contribution in [-0.4, -0.2) is 40.2 Å². The summed E-state index contributed by atoms with van der Waals surface area (Å²) in [7, 11) is -3.82. The molecule has 112 valence electrons. The van der Waals surface area contributed by atoms with Crippen LogP contribution in [-0.2, 0) is 14.9 Å². The molecule has 0 aromatic heterocycles. The topological polar surface area (TPSA) is 96.5 Å². The third kappa shape index (κ3) is 7.34. The van der Waals surface area contributed by atoms with E-state index in [9.17, 15) is 13.2 Å². The lowest BCUT2D eigenvalue weighted by Crippen LogP contribution is -2.42. The fourth-order valence-electron chi connectivity index (χ4n) is 1.95. The maximum Gasteiger partial charge on any atom is 0.422 e. The molecule has 0 unspecified atom stereocenters. The highest BCUT2D eigenvalue weighted by Crippen LogP contribution is 2.14. The smallest absolute Gasteiger partial charge is 0.422 e. The summed E-state index contributed by atoms with van der Waals surface area (Å²) in [6.45, 7) is 5.59. The molecule has 0 aromatic rings. The average molecular weight is 293 g/mol. The Morgan fingerprint density at radius 2 is 2.00 bits per heavy atom. The number of hydrogen-bond acceptors (Lipinski definition) is 5. The molecule has 1 fully saturated rings. The molecule has 8 heteroatoms. The first-order valence-corrected chi connectivity index (χ1v) is 8.06. The van der Waals surface area contributed by atoms with E-state index in [0.717, 1.165) is 32.4 Å². The molecule has 0 aromatic carbocycles. The lowest BCUT2D eigenvalue weighted by molar-refractivity contribution is 0.121. The second-order valence-corrected chi connectivity index (χ2v) is 6.44. The van der Waals surface area contributed by atoms with Gasteiger partial charge in [0.2, 0.25) is 0 Å². The van der Waals surface area contributed by atoms with Crippen molar-refractivity contribution in [3.05, 3.63) is 0 Å². The van der Waals surface area contributed by atoms with Crippen molar-refractivity contribution in [3.8, 4) is 0 Å². The largest absolute Gasteiger partial charge is 0.446 e. The van der Waals surface area contributed by atoms with Crippen LogP contribution in [0, 0.1) is 5.92 Å². The van der Waals surface area contributed by atoms with Gasteiger partial charge in [0.15, 0.2) is 0 Å². The van der Waals surface area contributed by atoms with Crippen molar-refractivity contribution in [2.24, 2.45) is 5.92 Å². The zero-order chi connectivity index (χ0) is 14.3. The van der Waals surface area contributed by atoms with Crippen LogP contribution < -0.4 is 14.8 Å². The van der Waals surface area contributed by atoms with E-state index in [1.165, 1.54) is 0 Å². The molecule has 0 bridgehead atoms. The number of hydrogen-bond donors (Lipinski definition) is 3. The zero-order valence-corrected chi connectivity index (χ0v) is 12.3. The molecule has 0 atom stereocenters. The van der Waals surface area contributed by atoms with E-state index in [4.69, 9.17) is 4.74 Å². The van der Waals surface area contributed by atoms with Crippen molar-refractivity contribution in [3.63, 3.8) is 0 Å². The Bertz CT molecular complexity index is 377. The van der Waals surface area contributed by atoms with Crippen LogP contribution in [0.1, 0.15) is 33.1 Å². The second-order valence-electron chi connectivity index (χ2n) is 4.94. The zero-order valence-electron chi connectivity index (χ0n) is 11.4. The van der Waals surface area contributed by atoms with Crippen molar-refractivity contribution in [2.45, 2.75) is 39.2 Å². The molecule has 1 saturated heterocycles. The van der Waals surface area contributed by atoms with E-state index in [2.05, 4.69) is 10.0 Å². The minimum Gasteiger partial charge on any atom is -0.446 e. The minimum absolute atomic E-state index is 0.328. The van der Waals surface area contributed by atoms with E-state index in [1.807, 2.05) is 4.72 Å². The van der Waals surface area contributed by atoms with Gasteiger partial charge in [-0.1, -0.05) is 0 Å². The second kappa shape index (κ2) is 7.66. The molecule has 19 heavy (non-hydrogen) atoms. The van der Waals surface area contributed by atoms with Gasteiger partial charge in [-0.3, -0.25) is 0 Å². The number of nitrogens with one attached hydrogen (secondary N) is 3. The molecule has 1 amide bonds. The van der Waals surface area contributed by atoms with Gasteiger partial charge < -0.3 is 10.1 Å². The summed E-state index contributed by atoms with van der Waals surface area (Å²) in [5.41, 5.74) is 0. The van der Waals surface area contributed by atoms with Crippen molar-refractivity contribution < 1.29 is 17.9 Å². The summed E-state index contributed by atoms with van der Waals surface area (Å²) in [6.07, 6.45) is 1.59. The van der Waals surface area contributed by atoms with Crippen molar-refractivity contribution in [2.75, 3.05) is 19.6 Å². The number of piperidine rings is 1. The van der Waals surface area contributed by atoms with E-state index in [1.54, 1.807) is 13.8 Å². The lowest BCUT2D eigenvalue weighted by atomic mass is 9.95. The highest BCUT2D eigenvalue weighted by Gasteiger charge is 2.17. The van der Waals surface area contributed by atoms with Crippen LogP contribution >= 0.6 is 0 Å². The predicted octanol–water partition coefficient (Wildman–Crippen LogP) is 0.345. The highest BCUT2D eigenvalue weighted by atomic mass is 32.2. The number of rotatable bonds is 6. The number of carbonyl (C=O) groups excluding carboxylic acids is 1. The van der Waals surface area contributed by atoms with E-state index >= 15 is 0 Å². The summed E-state index contributed by atoms with van der Waals surface area (Å²) in [6, 6.07) is 0. The first-order valence-electron chi connectivity index (χ1n) is 6.58. The van der Waals surface area contributed by atoms with Gasteiger partial charge >= 0.3 is 16.3 Å². The van der Waals surface area contributed by atoms with Crippen LogP contribution in [0.25, 0.3) is 0 Å². The predicted molar refractivity (Wildman–Crippen MR) is 71.9 cm³/mol. The normalized spacial score (nSPS) is 17.4. The minimum atomic E-state index is -3.82. The summed E-state index contributed by atoms with van der Waals surface area (Å²) >= 11 is 0. The Morgan fingerprint density at radius 1 is 1.37 bits per heavy atom. The van der Waals surface area contributed by atoms with Crippen LogP contribution in [0.4, 0.5) is 4.79 Å². The number of ether oxygens (including phenoxy) is 1. The summed E-state index contributed by atoms with van der Waals surface area (Å²) in [5, 5.41) is 3.25. The van der Waals surface area contributed by atoms with Gasteiger partial charge in [-0.2, -0.15) is 13.1 Å². The van der Waals surface area contributed by atoms with Crippen molar-refractivity contribution in [1.29, 1.82) is 0 Å². The standard InChI is InChI=1S/C11H23N3O4S/c1-9(2)18-11(15)14-19(16,17)13-8-5-10-3-6-12-7-4-10/h9-10,12-13H,3-8H2,1-2H3,(H,14,15). The third-order valence-corrected chi connectivity index (χ3v) is 3.88. The van der Waals surface area contributed by atoms with E-state index in [-0.39, 0.29) is 6.10 Å². The monoisotopic (exact) mass is 293 g/mol. The van der Waals surface area contributed by atoms with Gasteiger partial charge in [0.1, 0.15) is 0 Å². The SMILES string of the molecule is CC(C)OC(=O)NS(=O)(=O)NCCC1CCNCC1. The van der Waals surface area contributed by atoms with E-state index in [0.29, 0.717) is 12.5 Å². The van der Waals surface area contributed by atoms with Crippen molar-refractivity contribution >= 4 is 16.3 Å². The molecular formula is C11H23N3O4S. The third-order valence-electron chi connectivity index (χ3n) is 2.86. The lowest BCUT2D eigenvalue weighted by Gasteiger charge is -2.22. The molecule has 3 N–H and O–H groups in total. The van der Waals surface area contributed by atoms with Crippen LogP contribution in [0.5, 0.6) is 0 Å². The summed E-state index contributed by atoms with van der Waals surface area (Å²) in [4.78, 5) is 11.2. The Morgan fingerprint density at radius 3 is 2.58 bits per heavy atom. The number of amides is 1. The van der Waals surface area contributed by atoms with Gasteiger partial charge in [-0.15, -0.1) is 0 Å². The van der Waals surface area contributed by atoms with Crippen LogP contribution in [0.2, 0.25) is 0 Å². The van der Waals surface area contributed by atoms with Gasteiger partial charge in [0.05, 0.1) is 6.10 Å². The Kier molecular flexibility index (Phi) is 6.53. The molecule has 7 nitrogen and oxygen atoms in total. The Hall–Kier alpha value is -0.860. The summed E-state index contributed by atoms with van der Waals surface area (Å²) < 4.78 is 31.9. The maximum absolute atomic E-state index is 11.5.